The molecule has 0 amide bonds. The highest BCUT2D eigenvalue weighted by atomic mass is 32.1. The summed E-state index contributed by atoms with van der Waals surface area (Å²) in [6, 6.07) is 2.22. The Balaban J connectivity index is 1.96. The predicted octanol–water partition coefficient (Wildman–Crippen LogP) is 2.57. The molecule has 0 bridgehead atoms. The first-order valence-electron chi connectivity index (χ1n) is 7.70. The molecule has 0 saturated carbocycles. The number of thiophene rings is 1. The van der Waals surface area contributed by atoms with Gasteiger partial charge in [-0.05, 0) is 26.5 Å². The number of fused-ring (bicyclic) bond motifs is 1. The van der Waals surface area contributed by atoms with E-state index in [2.05, 4.69) is 46.9 Å². The normalized spacial score (nSPS) is 16.6. The summed E-state index contributed by atoms with van der Waals surface area (Å²) in [7, 11) is 0. The minimum atomic E-state index is 0.750. The Hall–Kier alpha value is -1.40. The average molecular weight is 305 g/mol. The first-order chi connectivity index (χ1) is 10.2. The van der Waals surface area contributed by atoms with E-state index in [4.69, 9.17) is 4.98 Å². The van der Waals surface area contributed by atoms with Gasteiger partial charge in [0.25, 0.3) is 0 Å². The van der Waals surface area contributed by atoms with E-state index in [-0.39, 0.29) is 0 Å². The molecule has 5 nitrogen and oxygen atoms in total. The third-order valence-corrected chi connectivity index (χ3v) is 4.89. The number of aryl methyl sites for hydroxylation is 1. The molecule has 3 rings (SSSR count). The van der Waals surface area contributed by atoms with Gasteiger partial charge in [0.1, 0.15) is 10.6 Å². The van der Waals surface area contributed by atoms with Gasteiger partial charge in [-0.2, -0.15) is 4.98 Å². The number of anilines is 2. The number of piperazine rings is 1. The Kier molecular flexibility index (Phi) is 4.26. The second-order valence-electron chi connectivity index (χ2n) is 5.40. The van der Waals surface area contributed by atoms with Crippen molar-refractivity contribution in [3.8, 4) is 0 Å². The number of aromatic nitrogens is 2. The molecule has 2 aromatic rings. The van der Waals surface area contributed by atoms with Crippen molar-refractivity contribution in [1.29, 1.82) is 0 Å². The fourth-order valence-electron chi connectivity index (χ4n) is 2.78. The summed E-state index contributed by atoms with van der Waals surface area (Å²) in [5.74, 6) is 1.84. The summed E-state index contributed by atoms with van der Waals surface area (Å²) in [5.41, 5.74) is 0. The van der Waals surface area contributed by atoms with Crippen LogP contribution in [0, 0.1) is 6.92 Å². The van der Waals surface area contributed by atoms with Crippen LogP contribution in [0.5, 0.6) is 0 Å². The Morgan fingerprint density at radius 3 is 2.62 bits per heavy atom. The predicted molar refractivity (Wildman–Crippen MR) is 90.6 cm³/mol. The van der Waals surface area contributed by atoms with Gasteiger partial charge in [-0.1, -0.05) is 6.92 Å². The lowest BCUT2D eigenvalue weighted by Crippen LogP contribution is -2.46. The third-order valence-electron chi connectivity index (χ3n) is 3.95. The van der Waals surface area contributed by atoms with Crippen molar-refractivity contribution in [2.45, 2.75) is 20.8 Å². The van der Waals surface area contributed by atoms with Gasteiger partial charge in [0.05, 0.1) is 5.39 Å². The largest absolute Gasteiger partial charge is 0.354 e. The van der Waals surface area contributed by atoms with Crippen molar-refractivity contribution in [3.05, 3.63) is 10.9 Å². The number of rotatable bonds is 4. The lowest BCUT2D eigenvalue weighted by atomic mass is 10.2. The summed E-state index contributed by atoms with van der Waals surface area (Å²) in [6.07, 6.45) is 0. The van der Waals surface area contributed by atoms with Gasteiger partial charge in [0, 0.05) is 37.6 Å². The summed E-state index contributed by atoms with van der Waals surface area (Å²) in [5, 5.41) is 4.45. The first kappa shape index (κ1) is 14.5. The van der Waals surface area contributed by atoms with Crippen molar-refractivity contribution in [1.82, 2.24) is 14.9 Å². The molecule has 114 valence electrons. The molecule has 1 fully saturated rings. The van der Waals surface area contributed by atoms with Crippen LogP contribution in [0.15, 0.2) is 6.07 Å². The third kappa shape index (κ3) is 2.96. The second kappa shape index (κ2) is 6.15. The van der Waals surface area contributed by atoms with E-state index >= 15 is 0 Å². The zero-order chi connectivity index (χ0) is 14.8. The first-order valence-corrected chi connectivity index (χ1v) is 8.52. The molecule has 0 atom stereocenters. The molecule has 3 heterocycles. The minimum Gasteiger partial charge on any atom is -0.354 e. The summed E-state index contributed by atoms with van der Waals surface area (Å²) in [4.78, 5) is 16.7. The van der Waals surface area contributed by atoms with Gasteiger partial charge in [0.2, 0.25) is 5.95 Å². The maximum Gasteiger partial charge on any atom is 0.226 e. The molecule has 0 radical (unpaired) electrons. The van der Waals surface area contributed by atoms with Crippen LogP contribution in [0.3, 0.4) is 0 Å². The van der Waals surface area contributed by atoms with Crippen molar-refractivity contribution in [2.24, 2.45) is 0 Å². The second-order valence-corrected chi connectivity index (χ2v) is 6.63. The van der Waals surface area contributed by atoms with Gasteiger partial charge < -0.3 is 15.1 Å². The zero-order valence-corrected chi connectivity index (χ0v) is 13.8. The van der Waals surface area contributed by atoms with Crippen LogP contribution in [0.1, 0.15) is 18.7 Å². The molecular weight excluding hydrogens is 282 g/mol. The van der Waals surface area contributed by atoms with E-state index in [1.165, 1.54) is 10.3 Å². The Labute approximate surface area is 130 Å². The fourth-order valence-corrected chi connectivity index (χ4v) is 3.66. The molecule has 0 unspecified atom stereocenters. The zero-order valence-electron chi connectivity index (χ0n) is 13.0. The highest BCUT2D eigenvalue weighted by Crippen LogP contribution is 2.32. The molecule has 0 spiro atoms. The van der Waals surface area contributed by atoms with Crippen LogP contribution >= 0.6 is 11.3 Å². The quantitative estimate of drug-likeness (QED) is 0.940. The molecule has 1 aliphatic heterocycles. The minimum absolute atomic E-state index is 0.750. The van der Waals surface area contributed by atoms with Gasteiger partial charge in [-0.15, -0.1) is 11.3 Å². The van der Waals surface area contributed by atoms with E-state index in [0.29, 0.717) is 0 Å². The lowest BCUT2D eigenvalue weighted by molar-refractivity contribution is 0.271. The van der Waals surface area contributed by atoms with E-state index in [1.54, 1.807) is 11.3 Å². The molecule has 6 heteroatoms. The standard InChI is InChI=1S/C15H23N5S/c1-4-16-15-17-13(12-10-11(3)21-14(12)18-15)20-8-6-19(5-2)7-9-20/h10H,4-9H2,1-3H3,(H,16,17,18). The van der Waals surface area contributed by atoms with E-state index in [9.17, 15) is 0 Å². The monoisotopic (exact) mass is 305 g/mol. The van der Waals surface area contributed by atoms with Crippen LogP contribution < -0.4 is 10.2 Å². The molecular formula is C15H23N5S. The van der Waals surface area contributed by atoms with Crippen molar-refractivity contribution >= 4 is 33.3 Å². The Morgan fingerprint density at radius 1 is 1.19 bits per heavy atom. The SMILES string of the molecule is CCNc1nc(N2CCN(CC)CC2)c2cc(C)sc2n1. The lowest BCUT2D eigenvalue weighted by Gasteiger charge is -2.35. The topological polar surface area (TPSA) is 44.3 Å². The van der Waals surface area contributed by atoms with E-state index < -0.39 is 0 Å². The molecule has 1 saturated heterocycles. The van der Waals surface area contributed by atoms with Crippen LogP contribution in [-0.4, -0.2) is 54.1 Å². The molecule has 21 heavy (non-hydrogen) atoms. The van der Waals surface area contributed by atoms with Crippen molar-refractivity contribution < 1.29 is 0 Å². The van der Waals surface area contributed by atoms with Gasteiger partial charge in [-0.25, -0.2) is 4.98 Å². The van der Waals surface area contributed by atoms with Crippen LogP contribution in [0.4, 0.5) is 11.8 Å². The number of nitrogens with zero attached hydrogens (tertiary/aromatic N) is 4. The number of hydrogen-bond acceptors (Lipinski definition) is 6. The van der Waals surface area contributed by atoms with Gasteiger partial charge >= 0.3 is 0 Å². The molecule has 1 N–H and O–H groups in total. The molecule has 2 aromatic heterocycles. The van der Waals surface area contributed by atoms with Gasteiger partial charge in [0.15, 0.2) is 0 Å². The molecule has 0 aliphatic carbocycles. The maximum atomic E-state index is 4.77. The fraction of sp³-hybridized carbons (Fsp3) is 0.600. The summed E-state index contributed by atoms with van der Waals surface area (Å²) < 4.78 is 0. The highest BCUT2D eigenvalue weighted by molar-refractivity contribution is 7.18. The van der Waals surface area contributed by atoms with E-state index in [0.717, 1.165) is 55.9 Å². The highest BCUT2D eigenvalue weighted by Gasteiger charge is 2.20. The number of hydrogen-bond donors (Lipinski definition) is 1. The van der Waals surface area contributed by atoms with Crippen LogP contribution in [0.2, 0.25) is 0 Å². The Morgan fingerprint density at radius 2 is 1.95 bits per heavy atom. The van der Waals surface area contributed by atoms with E-state index in [1.807, 2.05) is 0 Å². The van der Waals surface area contributed by atoms with Crippen molar-refractivity contribution in [3.63, 3.8) is 0 Å². The number of likely N-dealkylation sites (N-methyl/N-ethyl adjacent to an activating group) is 1. The number of nitrogens with one attached hydrogen (secondary N) is 1. The average Bonchev–Trinajstić information content (AvgIpc) is 2.87. The van der Waals surface area contributed by atoms with Crippen molar-refractivity contribution in [2.75, 3.05) is 49.5 Å². The van der Waals surface area contributed by atoms with Crippen LogP contribution in [-0.2, 0) is 0 Å². The Bertz CT molecular complexity index is 616. The summed E-state index contributed by atoms with van der Waals surface area (Å²) >= 11 is 1.75. The summed E-state index contributed by atoms with van der Waals surface area (Å²) in [6.45, 7) is 12.7. The van der Waals surface area contributed by atoms with Gasteiger partial charge in [-0.3, -0.25) is 0 Å². The smallest absolute Gasteiger partial charge is 0.226 e. The van der Waals surface area contributed by atoms with Crippen LogP contribution in [0.25, 0.3) is 10.2 Å². The molecule has 0 aromatic carbocycles. The molecule has 1 aliphatic rings. The maximum absolute atomic E-state index is 4.77.